The first-order valence-electron chi connectivity index (χ1n) is 10.3. The van der Waals surface area contributed by atoms with Gasteiger partial charge < -0.3 is 19.7 Å². The van der Waals surface area contributed by atoms with Crippen LogP contribution in [0.4, 0.5) is 5.69 Å². The van der Waals surface area contributed by atoms with Crippen LogP contribution in [-0.2, 0) is 15.9 Å². The van der Waals surface area contributed by atoms with E-state index in [-0.39, 0.29) is 11.8 Å². The average molecular weight is 431 g/mol. The summed E-state index contributed by atoms with van der Waals surface area (Å²) in [6, 6.07) is 6.98. The van der Waals surface area contributed by atoms with Gasteiger partial charge in [-0.25, -0.2) is 0 Å². The lowest BCUT2D eigenvalue weighted by Crippen LogP contribution is -2.47. The standard InChI is InChI=1S/C21H26N4O4S/c1-14(2)12-17-23-24-19(30-17)18(26)22-16-5-3-4-15(13-16)20(27)25-8-6-21(7-9-25)28-10-11-29-21/h3-5,13-14H,6-12H2,1-2H3,(H,22,26). The quantitative estimate of drug-likeness (QED) is 0.784. The van der Waals surface area contributed by atoms with Gasteiger partial charge in [0.2, 0.25) is 5.01 Å². The van der Waals surface area contributed by atoms with Gasteiger partial charge in [0.05, 0.1) is 13.2 Å². The van der Waals surface area contributed by atoms with Crippen molar-refractivity contribution in [3.05, 3.63) is 39.8 Å². The van der Waals surface area contributed by atoms with Crippen molar-refractivity contribution in [2.45, 2.75) is 38.9 Å². The van der Waals surface area contributed by atoms with E-state index in [0.717, 1.165) is 11.4 Å². The minimum atomic E-state index is -0.511. The Morgan fingerprint density at radius 2 is 1.93 bits per heavy atom. The minimum absolute atomic E-state index is 0.0610. The summed E-state index contributed by atoms with van der Waals surface area (Å²) >= 11 is 1.30. The van der Waals surface area contributed by atoms with E-state index < -0.39 is 5.79 Å². The van der Waals surface area contributed by atoms with Crippen LogP contribution in [0.1, 0.15) is 51.9 Å². The molecule has 2 fully saturated rings. The molecule has 0 bridgehead atoms. The van der Waals surface area contributed by atoms with E-state index in [1.54, 1.807) is 29.2 Å². The Morgan fingerprint density at radius 3 is 2.63 bits per heavy atom. The fourth-order valence-corrected chi connectivity index (χ4v) is 4.66. The summed E-state index contributed by atoms with van der Waals surface area (Å²) in [7, 11) is 0. The second-order valence-electron chi connectivity index (χ2n) is 8.03. The molecule has 4 rings (SSSR count). The summed E-state index contributed by atoms with van der Waals surface area (Å²) in [5.41, 5.74) is 1.09. The number of amides is 2. The molecule has 1 aromatic heterocycles. The van der Waals surface area contributed by atoms with Crippen LogP contribution in [-0.4, -0.2) is 59.0 Å². The predicted molar refractivity (Wildman–Crippen MR) is 113 cm³/mol. The van der Waals surface area contributed by atoms with Gasteiger partial charge in [0, 0.05) is 43.6 Å². The lowest BCUT2D eigenvalue weighted by molar-refractivity contribution is -0.181. The van der Waals surface area contributed by atoms with E-state index in [0.29, 0.717) is 61.3 Å². The van der Waals surface area contributed by atoms with E-state index in [1.165, 1.54) is 11.3 Å². The fraction of sp³-hybridized carbons (Fsp3) is 0.524. The number of rotatable bonds is 5. The molecule has 8 nitrogen and oxygen atoms in total. The van der Waals surface area contributed by atoms with Crippen LogP contribution < -0.4 is 5.32 Å². The van der Waals surface area contributed by atoms with Crippen LogP contribution in [0.3, 0.4) is 0 Å². The topological polar surface area (TPSA) is 93.7 Å². The van der Waals surface area contributed by atoms with Gasteiger partial charge in [0.25, 0.3) is 11.8 Å². The predicted octanol–water partition coefficient (Wildman–Crippen LogP) is 2.97. The van der Waals surface area contributed by atoms with Crippen molar-refractivity contribution in [3.8, 4) is 0 Å². The number of hydrogen-bond acceptors (Lipinski definition) is 7. The first kappa shape index (κ1) is 20.9. The highest BCUT2D eigenvalue weighted by Crippen LogP contribution is 2.31. The molecule has 2 aliphatic heterocycles. The maximum Gasteiger partial charge on any atom is 0.286 e. The van der Waals surface area contributed by atoms with Crippen LogP contribution in [0, 0.1) is 5.92 Å². The number of likely N-dealkylation sites (tertiary alicyclic amines) is 1. The molecule has 2 aliphatic rings. The number of ether oxygens (including phenoxy) is 2. The van der Waals surface area contributed by atoms with Crippen molar-refractivity contribution in [2.75, 3.05) is 31.6 Å². The first-order valence-corrected chi connectivity index (χ1v) is 11.1. The van der Waals surface area contributed by atoms with Gasteiger partial charge in [0.1, 0.15) is 5.01 Å². The summed E-state index contributed by atoms with van der Waals surface area (Å²) in [6.07, 6.45) is 2.14. The Hall–Kier alpha value is -2.36. The van der Waals surface area contributed by atoms with Gasteiger partial charge >= 0.3 is 0 Å². The molecule has 0 atom stereocenters. The Balaban J connectivity index is 1.38. The van der Waals surface area contributed by atoms with Crippen LogP contribution >= 0.6 is 11.3 Å². The molecule has 30 heavy (non-hydrogen) atoms. The summed E-state index contributed by atoms with van der Waals surface area (Å²) in [5.74, 6) is -0.437. The SMILES string of the molecule is CC(C)Cc1nnc(C(=O)Nc2cccc(C(=O)N3CCC4(CC3)OCCO4)c2)s1. The summed E-state index contributed by atoms with van der Waals surface area (Å²) < 4.78 is 11.5. The third-order valence-electron chi connectivity index (χ3n) is 5.24. The van der Waals surface area contributed by atoms with E-state index in [4.69, 9.17) is 9.47 Å². The maximum atomic E-state index is 12.9. The van der Waals surface area contributed by atoms with Crippen molar-refractivity contribution in [3.63, 3.8) is 0 Å². The Labute approximate surface area is 179 Å². The van der Waals surface area contributed by atoms with Gasteiger partial charge in [-0.2, -0.15) is 0 Å². The summed E-state index contributed by atoms with van der Waals surface area (Å²) in [4.78, 5) is 27.2. The molecule has 160 valence electrons. The van der Waals surface area contributed by atoms with Crippen molar-refractivity contribution >= 4 is 28.8 Å². The molecule has 0 radical (unpaired) electrons. The molecular formula is C21H26N4O4S. The molecule has 0 saturated carbocycles. The zero-order valence-electron chi connectivity index (χ0n) is 17.2. The largest absolute Gasteiger partial charge is 0.347 e. The summed E-state index contributed by atoms with van der Waals surface area (Å²) in [6.45, 7) is 6.59. The second-order valence-corrected chi connectivity index (χ2v) is 9.10. The number of nitrogens with zero attached hydrogens (tertiary/aromatic N) is 3. The minimum Gasteiger partial charge on any atom is -0.347 e. The van der Waals surface area contributed by atoms with E-state index in [1.807, 2.05) is 0 Å². The second kappa shape index (κ2) is 8.79. The lowest BCUT2D eigenvalue weighted by atomic mass is 10.0. The van der Waals surface area contributed by atoms with Gasteiger partial charge in [-0.05, 0) is 24.1 Å². The average Bonchev–Trinajstić information content (AvgIpc) is 3.38. The van der Waals surface area contributed by atoms with Gasteiger partial charge in [-0.15, -0.1) is 10.2 Å². The molecule has 1 aromatic carbocycles. The monoisotopic (exact) mass is 430 g/mol. The Bertz CT molecular complexity index is 913. The molecule has 3 heterocycles. The number of carbonyl (C=O) groups excluding carboxylic acids is 2. The van der Waals surface area contributed by atoms with Crippen LogP contribution in [0.5, 0.6) is 0 Å². The van der Waals surface area contributed by atoms with E-state index >= 15 is 0 Å². The zero-order chi connectivity index (χ0) is 21.1. The van der Waals surface area contributed by atoms with E-state index in [9.17, 15) is 9.59 Å². The number of anilines is 1. The number of aromatic nitrogens is 2. The third-order valence-corrected chi connectivity index (χ3v) is 6.18. The van der Waals surface area contributed by atoms with Crippen molar-refractivity contribution in [1.82, 2.24) is 15.1 Å². The molecule has 1 spiro atoms. The fourth-order valence-electron chi connectivity index (χ4n) is 3.71. The van der Waals surface area contributed by atoms with Crippen LogP contribution in [0.25, 0.3) is 0 Å². The number of benzene rings is 1. The number of carbonyl (C=O) groups is 2. The highest BCUT2D eigenvalue weighted by molar-refractivity contribution is 7.13. The molecule has 2 saturated heterocycles. The van der Waals surface area contributed by atoms with Gasteiger partial charge in [-0.3, -0.25) is 9.59 Å². The molecule has 2 amide bonds. The highest BCUT2D eigenvalue weighted by Gasteiger charge is 2.40. The molecule has 0 aliphatic carbocycles. The number of piperidine rings is 1. The molecule has 1 N–H and O–H groups in total. The zero-order valence-corrected chi connectivity index (χ0v) is 18.0. The van der Waals surface area contributed by atoms with Crippen LogP contribution in [0.2, 0.25) is 0 Å². The van der Waals surface area contributed by atoms with Gasteiger partial charge in [-0.1, -0.05) is 31.3 Å². The van der Waals surface area contributed by atoms with E-state index in [2.05, 4.69) is 29.4 Å². The third kappa shape index (κ3) is 4.69. The van der Waals surface area contributed by atoms with Crippen molar-refractivity contribution in [1.29, 1.82) is 0 Å². The van der Waals surface area contributed by atoms with Gasteiger partial charge in [0.15, 0.2) is 5.79 Å². The number of nitrogens with one attached hydrogen (secondary N) is 1. The normalized spacial score (nSPS) is 18.2. The molecular weight excluding hydrogens is 404 g/mol. The van der Waals surface area contributed by atoms with Crippen molar-refractivity contribution < 1.29 is 19.1 Å². The lowest BCUT2D eigenvalue weighted by Gasteiger charge is -2.37. The Kier molecular flexibility index (Phi) is 6.12. The van der Waals surface area contributed by atoms with Crippen LogP contribution in [0.15, 0.2) is 24.3 Å². The maximum absolute atomic E-state index is 12.9. The first-order chi connectivity index (χ1) is 14.4. The van der Waals surface area contributed by atoms with Crippen molar-refractivity contribution in [2.24, 2.45) is 5.92 Å². The molecule has 9 heteroatoms. The highest BCUT2D eigenvalue weighted by atomic mass is 32.1. The Morgan fingerprint density at radius 1 is 1.20 bits per heavy atom. The molecule has 2 aromatic rings. The molecule has 0 unspecified atom stereocenters. The number of hydrogen-bond donors (Lipinski definition) is 1. The smallest absolute Gasteiger partial charge is 0.286 e. The summed E-state index contributed by atoms with van der Waals surface area (Å²) in [5, 5.41) is 12.1.